The third-order valence-corrected chi connectivity index (χ3v) is 5.36. The van der Waals surface area contributed by atoms with Gasteiger partial charge in [0.05, 0.1) is 22.9 Å². The molecule has 0 aliphatic rings. The summed E-state index contributed by atoms with van der Waals surface area (Å²) in [5, 5.41) is 3.43. The fraction of sp³-hybridized carbons (Fsp3) is 0.0952. The summed E-state index contributed by atoms with van der Waals surface area (Å²) in [6, 6.07) is 12.7. The lowest BCUT2D eigenvalue weighted by Crippen LogP contribution is -2.17. The lowest BCUT2D eigenvalue weighted by Gasteiger charge is -2.11. The smallest absolute Gasteiger partial charge is 0.337 e. The number of thiazole rings is 1. The molecule has 0 saturated carbocycles. The summed E-state index contributed by atoms with van der Waals surface area (Å²) in [5.41, 5.74) is 3.06. The molecule has 4 rings (SSSR count). The molecule has 2 aromatic heterocycles. The predicted molar refractivity (Wildman–Crippen MR) is 111 cm³/mol. The van der Waals surface area contributed by atoms with Gasteiger partial charge in [-0.3, -0.25) is 4.79 Å². The second kappa shape index (κ2) is 7.76. The lowest BCUT2D eigenvalue weighted by molar-refractivity contribution is 0.0600. The van der Waals surface area contributed by atoms with Gasteiger partial charge in [0.1, 0.15) is 10.7 Å². The van der Waals surface area contributed by atoms with Crippen molar-refractivity contribution in [3.8, 4) is 10.7 Å². The summed E-state index contributed by atoms with van der Waals surface area (Å²) in [6.45, 7) is 1.84. The third kappa shape index (κ3) is 3.70. The van der Waals surface area contributed by atoms with Gasteiger partial charge in [-0.15, -0.1) is 11.3 Å². The highest BCUT2D eigenvalue weighted by Gasteiger charge is 2.20. The number of nitrogens with one attached hydrogen (secondary N) is 1. The summed E-state index contributed by atoms with van der Waals surface area (Å²) in [6.07, 6.45) is 2.99. The first-order valence-electron chi connectivity index (χ1n) is 8.74. The van der Waals surface area contributed by atoms with Gasteiger partial charge >= 0.3 is 5.97 Å². The predicted octanol–water partition coefficient (Wildman–Crippen LogP) is 4.10. The number of aryl methyl sites for hydroxylation is 1. The Morgan fingerprint density at radius 3 is 2.66 bits per heavy atom. The standard InChI is InChI=1S/C21H16N4O3S/c1-12-7-8-13(21(27)28-2)11-15(12)24-19(26)17-18(23-10-9-22-17)20-25-14-5-3-4-6-16(14)29-20/h3-11H,1-2H3,(H,24,26). The van der Waals surface area contributed by atoms with Crippen molar-refractivity contribution in [2.45, 2.75) is 6.92 Å². The van der Waals surface area contributed by atoms with Gasteiger partial charge < -0.3 is 10.1 Å². The van der Waals surface area contributed by atoms with E-state index in [0.717, 1.165) is 15.8 Å². The number of nitrogens with zero attached hydrogens (tertiary/aromatic N) is 3. The van der Waals surface area contributed by atoms with E-state index >= 15 is 0 Å². The molecule has 0 bridgehead atoms. The number of methoxy groups -OCH3 is 1. The SMILES string of the molecule is COC(=O)c1ccc(C)c(NC(=O)c2nccnc2-c2nc3ccccc3s2)c1. The summed E-state index contributed by atoms with van der Waals surface area (Å²) >= 11 is 1.45. The average Bonchev–Trinajstić information content (AvgIpc) is 3.19. The molecule has 0 fully saturated rings. The Bertz CT molecular complexity index is 1200. The minimum atomic E-state index is -0.477. The van der Waals surface area contributed by atoms with Crippen molar-refractivity contribution >= 4 is 39.1 Å². The number of anilines is 1. The van der Waals surface area contributed by atoms with Gasteiger partial charge in [0.2, 0.25) is 0 Å². The number of hydrogen-bond acceptors (Lipinski definition) is 7. The number of aromatic nitrogens is 3. The van der Waals surface area contributed by atoms with E-state index in [-0.39, 0.29) is 5.69 Å². The van der Waals surface area contributed by atoms with Crippen LogP contribution in [0.25, 0.3) is 20.9 Å². The Kier molecular flexibility index (Phi) is 5.01. The first-order chi connectivity index (χ1) is 14.1. The first-order valence-corrected chi connectivity index (χ1v) is 9.55. The van der Waals surface area contributed by atoms with Crippen molar-refractivity contribution in [3.05, 3.63) is 71.7 Å². The summed E-state index contributed by atoms with van der Waals surface area (Å²) in [5.74, 6) is -0.910. The van der Waals surface area contributed by atoms with E-state index < -0.39 is 11.9 Å². The van der Waals surface area contributed by atoms with Crippen LogP contribution in [0.2, 0.25) is 0 Å². The molecule has 2 aromatic carbocycles. The number of fused-ring (bicyclic) bond motifs is 1. The van der Waals surface area contributed by atoms with Crippen molar-refractivity contribution in [1.29, 1.82) is 0 Å². The zero-order valence-corrected chi connectivity index (χ0v) is 16.5. The van der Waals surface area contributed by atoms with E-state index in [1.165, 1.54) is 30.8 Å². The molecule has 8 heteroatoms. The Hall–Kier alpha value is -3.65. The minimum absolute atomic E-state index is 0.162. The van der Waals surface area contributed by atoms with Gasteiger partial charge in [-0.2, -0.15) is 0 Å². The molecule has 1 amide bonds. The van der Waals surface area contributed by atoms with E-state index in [1.54, 1.807) is 18.2 Å². The van der Waals surface area contributed by atoms with Crippen LogP contribution in [0.15, 0.2) is 54.9 Å². The van der Waals surface area contributed by atoms with Gasteiger partial charge in [-0.25, -0.2) is 19.7 Å². The number of amides is 1. The van der Waals surface area contributed by atoms with Gasteiger partial charge in [0.25, 0.3) is 5.91 Å². The molecule has 4 aromatic rings. The Morgan fingerprint density at radius 2 is 1.86 bits per heavy atom. The molecule has 7 nitrogen and oxygen atoms in total. The number of hydrogen-bond donors (Lipinski definition) is 1. The molecule has 144 valence electrons. The number of esters is 1. The van der Waals surface area contributed by atoms with E-state index in [4.69, 9.17) is 4.74 Å². The van der Waals surface area contributed by atoms with E-state index in [2.05, 4.69) is 20.3 Å². The average molecular weight is 404 g/mol. The number of rotatable bonds is 4. The number of carbonyl (C=O) groups is 2. The third-order valence-electron chi connectivity index (χ3n) is 4.32. The maximum Gasteiger partial charge on any atom is 0.337 e. The molecular formula is C21H16N4O3S. The van der Waals surface area contributed by atoms with Crippen LogP contribution < -0.4 is 5.32 Å². The summed E-state index contributed by atoms with van der Waals surface area (Å²) in [4.78, 5) is 37.9. The van der Waals surface area contributed by atoms with Crippen LogP contribution in [0, 0.1) is 6.92 Å². The molecule has 0 radical (unpaired) electrons. The van der Waals surface area contributed by atoms with Crippen molar-refractivity contribution in [2.24, 2.45) is 0 Å². The van der Waals surface area contributed by atoms with Gasteiger partial charge in [0.15, 0.2) is 5.69 Å². The Labute approximate surface area is 170 Å². The van der Waals surface area contributed by atoms with Crippen LogP contribution in [0.3, 0.4) is 0 Å². The first kappa shape index (κ1) is 18.7. The number of carbonyl (C=O) groups excluding carboxylic acids is 2. The van der Waals surface area contributed by atoms with E-state index in [1.807, 2.05) is 31.2 Å². The van der Waals surface area contributed by atoms with Crippen molar-refractivity contribution in [2.75, 3.05) is 12.4 Å². The molecule has 1 N–H and O–H groups in total. The topological polar surface area (TPSA) is 94.1 Å². The molecule has 0 spiro atoms. The van der Waals surface area contributed by atoms with Crippen LogP contribution in [-0.4, -0.2) is 33.9 Å². The van der Waals surface area contributed by atoms with Crippen LogP contribution in [-0.2, 0) is 4.74 Å². The van der Waals surface area contributed by atoms with Crippen LogP contribution in [0.4, 0.5) is 5.69 Å². The second-order valence-electron chi connectivity index (χ2n) is 6.22. The summed E-state index contributed by atoms with van der Waals surface area (Å²) in [7, 11) is 1.31. The van der Waals surface area contributed by atoms with Crippen molar-refractivity contribution in [1.82, 2.24) is 15.0 Å². The van der Waals surface area contributed by atoms with Gasteiger partial charge in [-0.1, -0.05) is 18.2 Å². The number of ether oxygens (including phenoxy) is 1. The maximum absolute atomic E-state index is 13.0. The maximum atomic E-state index is 13.0. The number of para-hydroxylation sites is 1. The molecule has 0 atom stereocenters. The molecule has 2 heterocycles. The Morgan fingerprint density at radius 1 is 1.07 bits per heavy atom. The quantitative estimate of drug-likeness (QED) is 0.515. The lowest BCUT2D eigenvalue weighted by atomic mass is 10.1. The molecule has 0 aliphatic heterocycles. The highest BCUT2D eigenvalue weighted by molar-refractivity contribution is 7.21. The van der Waals surface area contributed by atoms with Crippen molar-refractivity contribution in [3.63, 3.8) is 0 Å². The number of benzene rings is 2. The van der Waals surface area contributed by atoms with Crippen LogP contribution in [0.1, 0.15) is 26.4 Å². The van der Waals surface area contributed by atoms with E-state index in [9.17, 15) is 9.59 Å². The van der Waals surface area contributed by atoms with Gasteiger partial charge in [-0.05, 0) is 36.8 Å². The molecule has 0 aliphatic carbocycles. The normalized spacial score (nSPS) is 10.7. The van der Waals surface area contributed by atoms with Crippen LogP contribution in [0.5, 0.6) is 0 Å². The minimum Gasteiger partial charge on any atom is -0.465 e. The largest absolute Gasteiger partial charge is 0.465 e. The molecule has 0 saturated heterocycles. The molecule has 0 unspecified atom stereocenters. The van der Waals surface area contributed by atoms with Crippen molar-refractivity contribution < 1.29 is 14.3 Å². The molecular weight excluding hydrogens is 388 g/mol. The van der Waals surface area contributed by atoms with Gasteiger partial charge in [0, 0.05) is 18.1 Å². The summed E-state index contributed by atoms with van der Waals surface area (Å²) < 4.78 is 5.75. The monoisotopic (exact) mass is 404 g/mol. The second-order valence-corrected chi connectivity index (χ2v) is 7.25. The van der Waals surface area contributed by atoms with Crippen LogP contribution >= 0.6 is 11.3 Å². The highest BCUT2D eigenvalue weighted by atomic mass is 32.1. The zero-order chi connectivity index (χ0) is 20.4. The zero-order valence-electron chi connectivity index (χ0n) is 15.7. The Balaban J connectivity index is 1.69. The van der Waals surface area contributed by atoms with E-state index in [0.29, 0.717) is 22.0 Å². The fourth-order valence-electron chi connectivity index (χ4n) is 2.82. The molecule has 29 heavy (non-hydrogen) atoms. The fourth-order valence-corrected chi connectivity index (χ4v) is 3.78. The highest BCUT2D eigenvalue weighted by Crippen LogP contribution is 2.30.